The summed E-state index contributed by atoms with van der Waals surface area (Å²) in [5.41, 5.74) is 0. The van der Waals surface area contributed by atoms with Gasteiger partial charge in [-0.1, -0.05) is 13.8 Å². The monoisotopic (exact) mass is 216 g/mol. The molecule has 0 spiro atoms. The van der Waals surface area contributed by atoms with E-state index in [2.05, 4.69) is 19.2 Å². The Balaban J connectivity index is 3.94. The number of amides is 2. The summed E-state index contributed by atoms with van der Waals surface area (Å²) >= 11 is 0. The summed E-state index contributed by atoms with van der Waals surface area (Å²) in [6.07, 6.45) is 0.908. The fourth-order valence-electron chi connectivity index (χ4n) is 0.911. The van der Waals surface area contributed by atoms with Crippen LogP contribution in [0, 0.1) is 5.92 Å². The molecule has 0 aliphatic heterocycles. The summed E-state index contributed by atoms with van der Waals surface area (Å²) in [6.45, 7) is 6.23. The Hall–Kier alpha value is -1.26. The molecule has 0 rings (SSSR count). The van der Waals surface area contributed by atoms with Crippen LogP contribution >= 0.6 is 0 Å². The van der Waals surface area contributed by atoms with Gasteiger partial charge in [-0.25, -0.2) is 4.79 Å². The van der Waals surface area contributed by atoms with E-state index in [1.165, 1.54) is 11.8 Å². The average Bonchev–Trinajstić information content (AvgIpc) is 2.13. The average molecular weight is 216 g/mol. The highest BCUT2D eigenvalue weighted by Gasteiger charge is 2.16. The highest BCUT2D eigenvalue weighted by atomic mass is 16.4. The van der Waals surface area contributed by atoms with Crippen molar-refractivity contribution in [2.45, 2.75) is 33.2 Å². The van der Waals surface area contributed by atoms with Gasteiger partial charge in [-0.2, -0.15) is 0 Å². The molecule has 0 heterocycles. The quantitative estimate of drug-likeness (QED) is 0.724. The number of hydrogen-bond donors (Lipinski definition) is 2. The molecule has 0 aliphatic rings. The van der Waals surface area contributed by atoms with Crippen molar-refractivity contribution in [3.8, 4) is 0 Å². The fourth-order valence-corrected chi connectivity index (χ4v) is 0.911. The minimum atomic E-state index is -1.03. The Labute approximate surface area is 90.5 Å². The van der Waals surface area contributed by atoms with Gasteiger partial charge < -0.3 is 15.3 Å². The first-order valence-corrected chi connectivity index (χ1v) is 5.09. The van der Waals surface area contributed by atoms with Gasteiger partial charge in [0.05, 0.1) is 0 Å². The lowest BCUT2D eigenvalue weighted by Crippen LogP contribution is -2.45. The van der Waals surface area contributed by atoms with Crippen LogP contribution in [0.15, 0.2) is 0 Å². The zero-order valence-electron chi connectivity index (χ0n) is 9.78. The molecule has 0 radical (unpaired) electrons. The molecule has 0 bridgehead atoms. The molecule has 88 valence electrons. The van der Waals surface area contributed by atoms with Crippen molar-refractivity contribution in [1.82, 2.24) is 10.2 Å². The van der Waals surface area contributed by atoms with Crippen LogP contribution in [0.3, 0.4) is 0 Å². The van der Waals surface area contributed by atoms with Gasteiger partial charge in [0.1, 0.15) is 6.04 Å². The number of carbonyl (C=O) groups excluding carboxylic acids is 1. The van der Waals surface area contributed by atoms with Crippen LogP contribution in [0.5, 0.6) is 0 Å². The van der Waals surface area contributed by atoms with Crippen LogP contribution in [0.4, 0.5) is 4.79 Å². The van der Waals surface area contributed by atoms with E-state index in [0.717, 1.165) is 6.42 Å². The Kier molecular flexibility index (Phi) is 5.74. The van der Waals surface area contributed by atoms with Gasteiger partial charge in [0.2, 0.25) is 0 Å². The van der Waals surface area contributed by atoms with Gasteiger partial charge in [0.25, 0.3) is 0 Å². The van der Waals surface area contributed by atoms with Crippen LogP contribution in [0.25, 0.3) is 0 Å². The number of nitrogens with one attached hydrogen (secondary N) is 1. The molecule has 0 saturated heterocycles. The van der Waals surface area contributed by atoms with Crippen molar-refractivity contribution in [1.29, 1.82) is 0 Å². The molecule has 5 heteroatoms. The van der Waals surface area contributed by atoms with Crippen molar-refractivity contribution in [2.75, 3.05) is 13.6 Å². The van der Waals surface area contributed by atoms with Crippen molar-refractivity contribution in [3.05, 3.63) is 0 Å². The summed E-state index contributed by atoms with van der Waals surface area (Å²) < 4.78 is 0. The molecule has 0 aliphatic carbocycles. The van der Waals surface area contributed by atoms with Crippen molar-refractivity contribution < 1.29 is 14.7 Å². The molecule has 0 aromatic rings. The van der Waals surface area contributed by atoms with E-state index in [9.17, 15) is 9.59 Å². The first kappa shape index (κ1) is 13.7. The summed E-state index contributed by atoms with van der Waals surface area (Å²) in [7, 11) is 1.66. The van der Waals surface area contributed by atoms with Gasteiger partial charge in [0.15, 0.2) is 0 Å². The first-order valence-electron chi connectivity index (χ1n) is 5.09. The third-order valence-electron chi connectivity index (χ3n) is 2.10. The van der Waals surface area contributed by atoms with E-state index in [1.807, 2.05) is 0 Å². The van der Waals surface area contributed by atoms with E-state index >= 15 is 0 Å². The second-order valence-corrected chi connectivity index (χ2v) is 4.11. The van der Waals surface area contributed by atoms with E-state index < -0.39 is 12.0 Å². The molecule has 0 fully saturated rings. The third kappa shape index (κ3) is 5.93. The zero-order valence-corrected chi connectivity index (χ0v) is 9.78. The molecule has 0 aromatic carbocycles. The van der Waals surface area contributed by atoms with Crippen molar-refractivity contribution in [3.63, 3.8) is 0 Å². The molecule has 0 saturated carbocycles. The van der Waals surface area contributed by atoms with Gasteiger partial charge in [-0.3, -0.25) is 4.79 Å². The van der Waals surface area contributed by atoms with E-state index in [1.54, 1.807) is 7.05 Å². The number of urea groups is 1. The Morgan fingerprint density at radius 2 is 1.87 bits per heavy atom. The molecule has 15 heavy (non-hydrogen) atoms. The maximum Gasteiger partial charge on any atom is 0.325 e. The zero-order chi connectivity index (χ0) is 12.0. The number of carbonyl (C=O) groups is 2. The SMILES string of the molecule is CC(C)CCN(C)C(=O)N[C@@H](C)C(=O)O. The number of nitrogens with zero attached hydrogens (tertiary/aromatic N) is 1. The lowest BCUT2D eigenvalue weighted by Gasteiger charge is -2.20. The maximum atomic E-state index is 11.4. The van der Waals surface area contributed by atoms with Gasteiger partial charge in [-0.15, -0.1) is 0 Å². The van der Waals surface area contributed by atoms with Crippen molar-refractivity contribution >= 4 is 12.0 Å². The minimum absolute atomic E-state index is 0.342. The second kappa shape index (κ2) is 6.27. The van der Waals surface area contributed by atoms with Crippen LogP contribution in [0.2, 0.25) is 0 Å². The minimum Gasteiger partial charge on any atom is -0.480 e. The number of aliphatic carboxylic acids is 1. The first-order chi connectivity index (χ1) is 6.84. The van der Waals surface area contributed by atoms with Gasteiger partial charge in [-0.05, 0) is 19.3 Å². The smallest absolute Gasteiger partial charge is 0.325 e. The summed E-state index contributed by atoms with van der Waals surface area (Å²) in [5.74, 6) is -0.502. The van der Waals surface area contributed by atoms with Crippen LogP contribution in [-0.2, 0) is 4.79 Å². The molecule has 2 amide bonds. The van der Waals surface area contributed by atoms with E-state index in [0.29, 0.717) is 12.5 Å². The largest absolute Gasteiger partial charge is 0.480 e. The van der Waals surface area contributed by atoms with E-state index in [-0.39, 0.29) is 6.03 Å². The third-order valence-corrected chi connectivity index (χ3v) is 2.10. The lowest BCUT2D eigenvalue weighted by molar-refractivity contribution is -0.138. The predicted octanol–water partition coefficient (Wildman–Crippen LogP) is 1.15. The number of hydrogen-bond acceptors (Lipinski definition) is 2. The molecular weight excluding hydrogens is 196 g/mol. The molecule has 5 nitrogen and oxygen atoms in total. The molecule has 0 unspecified atom stereocenters. The Bertz CT molecular complexity index is 229. The predicted molar refractivity (Wildman–Crippen MR) is 57.7 cm³/mol. The van der Waals surface area contributed by atoms with E-state index in [4.69, 9.17) is 5.11 Å². The second-order valence-electron chi connectivity index (χ2n) is 4.11. The van der Waals surface area contributed by atoms with Crippen LogP contribution in [-0.4, -0.2) is 41.6 Å². The molecule has 0 aromatic heterocycles. The standard InChI is InChI=1S/C10H20N2O3/c1-7(2)5-6-12(4)10(15)11-8(3)9(13)14/h7-8H,5-6H2,1-4H3,(H,11,15)(H,13,14)/t8-/m0/s1. The fraction of sp³-hybridized carbons (Fsp3) is 0.800. The maximum absolute atomic E-state index is 11.4. The van der Waals surface area contributed by atoms with Gasteiger partial charge in [0, 0.05) is 13.6 Å². The number of rotatable bonds is 5. The summed E-state index contributed by atoms with van der Waals surface area (Å²) in [6, 6.07) is -1.19. The Morgan fingerprint density at radius 3 is 2.27 bits per heavy atom. The number of carboxylic acids is 1. The van der Waals surface area contributed by atoms with Gasteiger partial charge >= 0.3 is 12.0 Å². The summed E-state index contributed by atoms with van der Waals surface area (Å²) in [4.78, 5) is 23.4. The van der Waals surface area contributed by atoms with Crippen molar-refractivity contribution in [2.24, 2.45) is 5.92 Å². The lowest BCUT2D eigenvalue weighted by atomic mass is 10.1. The number of carboxylic acid groups (broad SMARTS) is 1. The highest BCUT2D eigenvalue weighted by molar-refractivity contribution is 5.82. The normalized spacial score (nSPS) is 12.3. The topological polar surface area (TPSA) is 69.6 Å². The molecule has 2 N–H and O–H groups in total. The molecule has 1 atom stereocenters. The Morgan fingerprint density at radius 1 is 1.33 bits per heavy atom. The molecular formula is C10H20N2O3. The van der Waals surface area contributed by atoms with Crippen LogP contribution < -0.4 is 5.32 Å². The van der Waals surface area contributed by atoms with Crippen LogP contribution in [0.1, 0.15) is 27.2 Å². The summed E-state index contributed by atoms with van der Waals surface area (Å²) in [5, 5.41) is 11.0. The highest BCUT2D eigenvalue weighted by Crippen LogP contribution is 2.00.